The minimum atomic E-state index is -1.15. The topological polar surface area (TPSA) is 136 Å². The van der Waals surface area contributed by atoms with Gasteiger partial charge in [0.25, 0.3) is 0 Å². The number of aliphatic hydroxyl groups excluding tert-OH is 4. The van der Waals surface area contributed by atoms with Crippen LogP contribution in [0.1, 0.15) is 0 Å². The summed E-state index contributed by atoms with van der Waals surface area (Å²) in [7, 11) is -0.458. The molecule has 4 N–H and O–H groups in total. The summed E-state index contributed by atoms with van der Waals surface area (Å²) in [5, 5.41) is 37.7. The van der Waals surface area contributed by atoms with Gasteiger partial charge in [0.1, 0.15) is 48.8 Å². The Labute approximate surface area is 215 Å². The van der Waals surface area contributed by atoms with Crippen molar-refractivity contribution in [2.45, 2.75) is 61.4 Å². The minimum absolute atomic E-state index is 0.198. The van der Waals surface area contributed by atoms with E-state index in [4.69, 9.17) is 33.4 Å². The number of aliphatic hydroxyl groups is 4. The molecule has 4 unspecified atom stereocenters. The van der Waals surface area contributed by atoms with Gasteiger partial charge in [0.15, 0.2) is 12.6 Å². The molecule has 6 rings (SSSR count). The fraction of sp³-hybridized carbons (Fsp3) is 0.667. The molecule has 10 atom stereocenters. The van der Waals surface area contributed by atoms with Gasteiger partial charge < -0.3 is 48.7 Å². The van der Waals surface area contributed by atoms with Crippen LogP contribution in [0.4, 0.5) is 0 Å². The van der Waals surface area contributed by atoms with Gasteiger partial charge in [-0.2, -0.15) is 0 Å². The second-order valence-electron chi connectivity index (χ2n) is 7.71. The zero-order valence-electron chi connectivity index (χ0n) is 16.5. The molecule has 32 heavy (non-hydrogen) atoms. The summed E-state index contributed by atoms with van der Waals surface area (Å²) in [5.41, 5.74) is 0.945. The Morgan fingerprint density at radius 2 is 1.34 bits per heavy atom. The van der Waals surface area contributed by atoms with E-state index in [-0.39, 0.29) is 18.8 Å². The number of rotatable bonds is 1. The first-order valence-corrected chi connectivity index (χ1v) is 22.5. The zero-order valence-corrected chi connectivity index (χ0v) is 23.0. The van der Waals surface area contributed by atoms with E-state index in [1.807, 2.05) is 30.3 Å². The van der Waals surface area contributed by atoms with Crippen LogP contribution in [0.15, 0.2) is 30.3 Å². The average Bonchev–Trinajstić information content (AvgIpc) is 3.45. The molecule has 0 spiro atoms. The van der Waals surface area contributed by atoms with E-state index >= 15 is 0 Å². The molecule has 10 nitrogen and oxygen atoms in total. The van der Waals surface area contributed by atoms with E-state index in [0.717, 1.165) is 5.46 Å². The SMILES string of the molecule is I[I-]I.OC1[C@@H]2OC[C@@H](O2)C(O)[C@@H]1O.O[C@@H]1C2OB(c3ccccc3)OC1[C@H]1CO[C@@H]2O1. The Morgan fingerprint density at radius 3 is 2.06 bits per heavy atom. The molecular weight excluding hydrogens is 768 g/mol. The van der Waals surface area contributed by atoms with Crippen molar-refractivity contribution in [3.63, 3.8) is 0 Å². The third kappa shape index (κ3) is 5.56. The number of fused-ring (bicyclic) bond motifs is 8. The van der Waals surface area contributed by atoms with E-state index in [9.17, 15) is 15.3 Å². The molecule has 1 aromatic carbocycles. The Hall–Kier alpha value is 1.07. The van der Waals surface area contributed by atoms with Crippen LogP contribution in [0.25, 0.3) is 0 Å². The summed E-state index contributed by atoms with van der Waals surface area (Å²) in [5.74, 6) is 0. The molecule has 5 aliphatic heterocycles. The Morgan fingerprint density at radius 1 is 0.750 bits per heavy atom. The van der Waals surface area contributed by atoms with Gasteiger partial charge in [-0.1, -0.05) is 30.3 Å². The molecule has 180 valence electrons. The largest absolute Gasteiger partial charge is 0.494 e. The van der Waals surface area contributed by atoms with Gasteiger partial charge in [-0.3, -0.25) is 0 Å². The molecule has 5 heterocycles. The molecule has 0 saturated carbocycles. The first kappa shape index (κ1) is 26.1. The fourth-order valence-corrected chi connectivity index (χ4v) is 4.13. The van der Waals surface area contributed by atoms with Crippen molar-refractivity contribution in [3.05, 3.63) is 30.3 Å². The quantitative estimate of drug-likeness (QED) is 0.164. The Balaban J connectivity index is 0.000000150. The van der Waals surface area contributed by atoms with Gasteiger partial charge in [-0.05, 0) is 5.46 Å². The van der Waals surface area contributed by atoms with Gasteiger partial charge in [-0.15, -0.1) is 0 Å². The molecule has 0 aliphatic carbocycles. The molecule has 1 aromatic rings. The monoisotopic (exact) mass is 791 g/mol. The molecule has 14 heteroatoms. The normalized spacial score (nSPS) is 43.8. The van der Waals surface area contributed by atoms with Crippen LogP contribution in [-0.4, -0.2) is 102 Å². The van der Waals surface area contributed by atoms with E-state index in [0.29, 0.717) is 19.9 Å². The first-order valence-electron chi connectivity index (χ1n) is 9.94. The van der Waals surface area contributed by atoms with Crippen LogP contribution in [0.3, 0.4) is 0 Å². The van der Waals surface area contributed by atoms with E-state index in [1.54, 1.807) is 0 Å². The first-order chi connectivity index (χ1) is 15.4. The second-order valence-corrected chi connectivity index (χ2v) is 24.0. The van der Waals surface area contributed by atoms with Crippen LogP contribution >= 0.6 is 37.2 Å². The van der Waals surface area contributed by atoms with Gasteiger partial charge in [0, 0.05) is 0 Å². The van der Waals surface area contributed by atoms with Crippen LogP contribution in [0, 0.1) is 0 Å². The van der Waals surface area contributed by atoms with Crippen molar-refractivity contribution in [2.75, 3.05) is 13.2 Å². The molecule has 0 amide bonds. The zero-order chi connectivity index (χ0) is 22.8. The van der Waals surface area contributed by atoms with Crippen molar-refractivity contribution in [2.24, 2.45) is 0 Å². The maximum atomic E-state index is 10.1. The van der Waals surface area contributed by atoms with E-state index in [1.165, 1.54) is 0 Å². The van der Waals surface area contributed by atoms with Crippen molar-refractivity contribution in [1.29, 1.82) is 0 Å². The molecule has 0 radical (unpaired) electrons. The van der Waals surface area contributed by atoms with Gasteiger partial charge >= 0.3 is 57.6 Å². The number of ether oxygens (including phenoxy) is 4. The number of halogens is 3. The maximum Gasteiger partial charge on any atom is 0.494 e. The second kappa shape index (κ2) is 11.9. The number of benzene rings is 1. The third-order valence-electron chi connectivity index (χ3n) is 5.77. The number of hydrogen-bond donors (Lipinski definition) is 4. The molecule has 5 saturated heterocycles. The molecular formula is C18H23BI3O10-. The predicted molar refractivity (Wildman–Crippen MR) is 123 cm³/mol. The molecule has 6 bridgehead atoms. The van der Waals surface area contributed by atoms with Gasteiger partial charge in [0.2, 0.25) is 0 Å². The smallest absolute Gasteiger partial charge is 0.399 e. The van der Waals surface area contributed by atoms with E-state index < -0.39 is 56.3 Å². The minimum Gasteiger partial charge on any atom is -0.399 e. The molecule has 5 fully saturated rings. The standard InChI is InChI=1S/C12H13BO5.C6H10O5.I3/c14-9-10-8-6-15-12(16-8)11(9)18-13(17-10)7-4-2-1-3-5-7;7-3-2-1-10-6(11-2)5(9)4(3)8;1-3-2/h1-5,8-12,14H,6H2;2-9H,1H2;/q;;-1/t8-,9+,10?,11?,12-;2-,3?,4+,5?,6-;/m11./s1. The summed E-state index contributed by atoms with van der Waals surface area (Å²) in [6, 6.07) is 9.70. The average molecular weight is 791 g/mol. The van der Waals surface area contributed by atoms with Crippen LogP contribution in [-0.2, 0) is 28.3 Å². The summed E-state index contributed by atoms with van der Waals surface area (Å²) < 4.78 is 32.6. The van der Waals surface area contributed by atoms with Gasteiger partial charge in [-0.25, -0.2) is 0 Å². The van der Waals surface area contributed by atoms with E-state index in [2.05, 4.69) is 37.2 Å². The van der Waals surface area contributed by atoms with Crippen molar-refractivity contribution >= 4 is 49.8 Å². The Kier molecular flexibility index (Phi) is 9.70. The predicted octanol–water partition coefficient (Wildman–Crippen LogP) is -4.12. The van der Waals surface area contributed by atoms with Crippen LogP contribution in [0.2, 0.25) is 0 Å². The van der Waals surface area contributed by atoms with Crippen molar-refractivity contribution in [3.8, 4) is 0 Å². The van der Waals surface area contributed by atoms with Crippen LogP contribution < -0.4 is 18.7 Å². The third-order valence-corrected chi connectivity index (χ3v) is 5.77. The number of hydrogen-bond acceptors (Lipinski definition) is 10. The Bertz CT molecular complexity index is 698. The molecule has 0 aromatic heterocycles. The van der Waals surface area contributed by atoms with Crippen molar-refractivity contribution in [1.82, 2.24) is 0 Å². The maximum absolute atomic E-state index is 10.1. The molecule has 5 aliphatic rings. The van der Waals surface area contributed by atoms with Gasteiger partial charge in [0.05, 0.1) is 13.2 Å². The van der Waals surface area contributed by atoms with Crippen LogP contribution in [0.5, 0.6) is 0 Å². The summed E-state index contributed by atoms with van der Waals surface area (Å²) in [6.07, 6.45) is -6.80. The summed E-state index contributed by atoms with van der Waals surface area (Å²) in [4.78, 5) is 0. The fourth-order valence-electron chi connectivity index (χ4n) is 4.13. The summed E-state index contributed by atoms with van der Waals surface area (Å²) in [6.45, 7) is 0.688. The summed E-state index contributed by atoms with van der Waals surface area (Å²) >= 11 is 5.30. The van der Waals surface area contributed by atoms with Crippen molar-refractivity contribution < 1.29 is 61.9 Å².